The maximum atomic E-state index is 15.8. The number of carboxylic acids is 1. The van der Waals surface area contributed by atoms with E-state index in [1.54, 1.807) is 30.3 Å². The second-order valence-electron chi connectivity index (χ2n) is 7.48. The molecule has 0 aromatic heterocycles. The minimum absolute atomic E-state index is 0.0194. The van der Waals surface area contributed by atoms with Crippen LogP contribution in [0.4, 0.5) is 4.39 Å². The number of carbonyl (C=O) groups excluding carboxylic acids is 1. The molecule has 0 aliphatic rings. The first-order valence-corrected chi connectivity index (χ1v) is 12.1. The van der Waals surface area contributed by atoms with Gasteiger partial charge in [-0.05, 0) is 60.0 Å². The summed E-state index contributed by atoms with van der Waals surface area (Å²) in [7, 11) is -4.34. The van der Waals surface area contributed by atoms with Crippen molar-refractivity contribution in [1.29, 1.82) is 0 Å². The van der Waals surface area contributed by atoms with Crippen LogP contribution in [0.2, 0.25) is 0 Å². The summed E-state index contributed by atoms with van der Waals surface area (Å²) in [6.45, 7) is 3.44. The zero-order chi connectivity index (χ0) is 24.0. The number of nitrogens with one attached hydrogen (secondary N) is 1. The van der Waals surface area contributed by atoms with Crippen LogP contribution in [0.25, 0.3) is 10.8 Å². The third-order valence-corrected chi connectivity index (χ3v) is 6.97. The molecule has 9 heteroatoms. The minimum Gasteiger partial charge on any atom is -0.478 e. The van der Waals surface area contributed by atoms with E-state index >= 15 is 4.39 Å². The Bertz CT molecular complexity index is 1190. The lowest BCUT2D eigenvalue weighted by Crippen LogP contribution is -2.35. The van der Waals surface area contributed by atoms with Gasteiger partial charge in [0.1, 0.15) is 11.8 Å². The molecule has 174 valence electrons. The molecular weight excluding hydrogens is 448 g/mol. The van der Waals surface area contributed by atoms with Crippen molar-refractivity contribution in [1.82, 2.24) is 5.09 Å². The molecule has 2 N–H and O–H groups in total. The quantitative estimate of drug-likeness (QED) is 0.287. The summed E-state index contributed by atoms with van der Waals surface area (Å²) in [6.07, 6.45) is 0.609. The topological polar surface area (TPSA) is 102 Å². The van der Waals surface area contributed by atoms with E-state index in [-0.39, 0.29) is 23.5 Å². The Morgan fingerprint density at radius 1 is 1.06 bits per heavy atom. The molecule has 3 aromatic carbocycles. The van der Waals surface area contributed by atoms with Crippen molar-refractivity contribution in [3.63, 3.8) is 0 Å². The molecule has 0 saturated heterocycles. The van der Waals surface area contributed by atoms with Gasteiger partial charge in [0.25, 0.3) is 0 Å². The van der Waals surface area contributed by atoms with Crippen molar-refractivity contribution in [2.24, 2.45) is 0 Å². The fourth-order valence-electron chi connectivity index (χ4n) is 3.17. The molecule has 1 unspecified atom stereocenters. The number of hydrogen-bond donors (Lipinski definition) is 2. The van der Waals surface area contributed by atoms with Crippen LogP contribution in [0.1, 0.15) is 42.1 Å². The molecule has 3 aromatic rings. The lowest BCUT2D eigenvalue weighted by atomic mass is 10.0. The first-order valence-electron chi connectivity index (χ1n) is 10.4. The average Bonchev–Trinajstić information content (AvgIpc) is 2.81. The summed E-state index contributed by atoms with van der Waals surface area (Å²) < 4.78 is 40.2. The predicted octanol–water partition coefficient (Wildman–Crippen LogP) is 5.71. The summed E-state index contributed by atoms with van der Waals surface area (Å²) in [5.74, 6) is -3.76. The highest BCUT2D eigenvalue weighted by Crippen LogP contribution is 2.57. The largest absolute Gasteiger partial charge is 0.478 e. The Labute approximate surface area is 191 Å². The van der Waals surface area contributed by atoms with Crippen molar-refractivity contribution in [2.75, 3.05) is 6.61 Å². The summed E-state index contributed by atoms with van der Waals surface area (Å²) in [5, 5.41) is 12.9. The van der Waals surface area contributed by atoms with Crippen LogP contribution in [-0.2, 0) is 14.1 Å². The number of aromatic carboxylic acids is 1. The number of rotatable bonds is 10. The van der Waals surface area contributed by atoms with Gasteiger partial charge >= 0.3 is 19.5 Å². The standard InChI is InChI=1S/C24H25FNO6P/c1-3-13-31-24(29)16(2)26-33(30,32-21-7-5-4-6-8-21)22(25)18-11-9-17-10-12-19(23(27)28)15-20(17)14-18/h4-12,14-16,22H,3,13H2,1-2H3,(H,26,30)(H,27,28)/t16-,22+,33?/m0/s1. The van der Waals surface area contributed by atoms with Gasteiger partial charge in [0.2, 0.25) is 5.91 Å². The molecule has 0 heterocycles. The molecule has 0 aliphatic heterocycles. The second-order valence-corrected chi connectivity index (χ2v) is 9.57. The first-order chi connectivity index (χ1) is 15.7. The Kier molecular flexibility index (Phi) is 7.84. The van der Waals surface area contributed by atoms with E-state index in [2.05, 4.69) is 5.09 Å². The Morgan fingerprint density at radius 3 is 2.42 bits per heavy atom. The normalized spacial score (nSPS) is 14.8. The molecule has 0 saturated carbocycles. The van der Waals surface area contributed by atoms with E-state index in [1.807, 2.05) is 6.92 Å². The highest BCUT2D eigenvalue weighted by molar-refractivity contribution is 7.57. The van der Waals surface area contributed by atoms with Crippen LogP contribution in [0.5, 0.6) is 5.75 Å². The molecule has 0 bridgehead atoms. The van der Waals surface area contributed by atoms with Crippen molar-refractivity contribution >= 4 is 30.2 Å². The van der Waals surface area contributed by atoms with Crippen LogP contribution in [0, 0.1) is 0 Å². The Morgan fingerprint density at radius 2 is 1.76 bits per heavy atom. The van der Waals surface area contributed by atoms with E-state index in [0.29, 0.717) is 17.2 Å². The number of ether oxygens (including phenoxy) is 1. The Balaban J connectivity index is 1.97. The number of para-hydroxylation sites is 1. The number of halogens is 1. The number of fused-ring (bicyclic) bond motifs is 1. The molecule has 0 radical (unpaired) electrons. The third kappa shape index (κ3) is 5.97. The molecule has 0 spiro atoms. The highest BCUT2D eigenvalue weighted by atomic mass is 31.2. The zero-order valence-corrected chi connectivity index (χ0v) is 19.1. The zero-order valence-electron chi connectivity index (χ0n) is 18.2. The summed E-state index contributed by atoms with van der Waals surface area (Å²) >= 11 is 0. The number of benzene rings is 3. The number of alkyl halides is 1. The van der Waals surface area contributed by atoms with Gasteiger partial charge in [0.15, 0.2) is 0 Å². The van der Waals surface area contributed by atoms with Gasteiger partial charge in [-0.2, -0.15) is 0 Å². The van der Waals surface area contributed by atoms with Crippen molar-refractivity contribution in [2.45, 2.75) is 32.2 Å². The van der Waals surface area contributed by atoms with Crippen LogP contribution in [0.15, 0.2) is 66.7 Å². The molecule has 3 rings (SSSR count). The van der Waals surface area contributed by atoms with Gasteiger partial charge in [-0.3, -0.25) is 9.36 Å². The van der Waals surface area contributed by atoms with Gasteiger partial charge in [-0.15, -0.1) is 0 Å². The van der Waals surface area contributed by atoms with Crippen molar-refractivity contribution in [3.8, 4) is 5.75 Å². The lowest BCUT2D eigenvalue weighted by molar-refractivity contribution is -0.145. The third-order valence-electron chi connectivity index (χ3n) is 4.84. The van der Waals surface area contributed by atoms with Crippen LogP contribution in [-0.4, -0.2) is 29.7 Å². The number of carbonyl (C=O) groups is 2. The van der Waals surface area contributed by atoms with Gasteiger partial charge in [-0.25, -0.2) is 14.3 Å². The SMILES string of the molecule is CCCOC(=O)[C@H](C)NP(=O)(Oc1ccccc1)[C@@H](F)c1ccc2ccc(C(=O)O)cc2c1. The van der Waals surface area contributed by atoms with Crippen molar-refractivity contribution < 1.29 is 32.9 Å². The number of hydrogen-bond acceptors (Lipinski definition) is 5. The molecule has 0 amide bonds. The van der Waals surface area contributed by atoms with Crippen molar-refractivity contribution in [3.05, 3.63) is 77.9 Å². The fraction of sp³-hybridized carbons (Fsp3) is 0.250. The number of carboxylic acid groups (broad SMARTS) is 1. The molecule has 0 fully saturated rings. The molecular formula is C24H25FNO6P. The summed E-state index contributed by atoms with van der Waals surface area (Å²) in [5.41, 5.74) is 0.0649. The van der Waals surface area contributed by atoms with E-state index in [4.69, 9.17) is 9.26 Å². The van der Waals surface area contributed by atoms with Crippen LogP contribution < -0.4 is 9.61 Å². The molecule has 33 heavy (non-hydrogen) atoms. The first kappa shape index (κ1) is 24.4. The lowest BCUT2D eigenvalue weighted by Gasteiger charge is -2.26. The van der Waals surface area contributed by atoms with E-state index in [0.717, 1.165) is 0 Å². The average molecular weight is 473 g/mol. The number of esters is 1. The van der Waals surface area contributed by atoms with Gasteiger partial charge in [0, 0.05) is 0 Å². The predicted molar refractivity (Wildman–Crippen MR) is 123 cm³/mol. The summed E-state index contributed by atoms with van der Waals surface area (Å²) in [4.78, 5) is 23.5. The molecule has 3 atom stereocenters. The Hall–Kier alpha value is -3.22. The van der Waals surface area contributed by atoms with E-state index in [9.17, 15) is 19.3 Å². The maximum Gasteiger partial charge on any atom is 0.355 e. The van der Waals surface area contributed by atoms with Crippen LogP contribution in [0.3, 0.4) is 0 Å². The van der Waals surface area contributed by atoms with Crippen LogP contribution >= 0.6 is 7.52 Å². The van der Waals surface area contributed by atoms with E-state index < -0.39 is 31.4 Å². The minimum atomic E-state index is -4.34. The van der Waals surface area contributed by atoms with Gasteiger partial charge in [0.05, 0.1) is 12.2 Å². The maximum absolute atomic E-state index is 15.8. The van der Waals surface area contributed by atoms with E-state index in [1.165, 1.54) is 43.3 Å². The summed E-state index contributed by atoms with van der Waals surface area (Å²) in [6, 6.07) is 15.9. The fourth-order valence-corrected chi connectivity index (χ4v) is 5.08. The second kappa shape index (κ2) is 10.6. The highest BCUT2D eigenvalue weighted by Gasteiger charge is 2.40. The molecule has 7 nitrogen and oxygen atoms in total. The monoisotopic (exact) mass is 473 g/mol. The molecule has 0 aliphatic carbocycles. The smallest absolute Gasteiger partial charge is 0.355 e. The van der Waals surface area contributed by atoms with Gasteiger partial charge < -0.3 is 14.4 Å². The van der Waals surface area contributed by atoms with Gasteiger partial charge in [-0.1, -0.05) is 43.3 Å².